The molecule has 0 spiro atoms. The van der Waals surface area contributed by atoms with Gasteiger partial charge in [0.2, 0.25) is 0 Å². The highest BCUT2D eigenvalue weighted by Crippen LogP contribution is 2.17. The van der Waals surface area contributed by atoms with Gasteiger partial charge in [-0.1, -0.05) is 18.2 Å². The molecule has 0 fully saturated rings. The maximum Gasteiger partial charge on any atom is 0.325 e. The Morgan fingerprint density at radius 1 is 1.50 bits per heavy atom. The number of esters is 1. The molecule has 2 N–H and O–H groups in total. The molecule has 1 atom stereocenters. The fraction of sp³-hybridized carbons (Fsp3) is 0.462. The molecule has 5 heteroatoms. The number of carbonyl (C=O) groups excluding carboxylic acids is 1. The zero-order valence-electron chi connectivity index (χ0n) is 10.7. The molecule has 0 aliphatic carbocycles. The Bertz CT molecular complexity index is 420. The van der Waals surface area contributed by atoms with E-state index in [1.54, 1.807) is 26.0 Å². The van der Waals surface area contributed by atoms with Crippen LogP contribution in [0.4, 0.5) is 4.39 Å². The second kappa shape index (κ2) is 5.93. The molecule has 1 unspecified atom stereocenters. The molecule has 0 saturated heterocycles. The third kappa shape index (κ3) is 3.51. The van der Waals surface area contributed by atoms with Gasteiger partial charge in [0.1, 0.15) is 11.4 Å². The molecule has 1 rings (SSSR count). The lowest BCUT2D eigenvalue weighted by molar-refractivity contribution is -0.147. The van der Waals surface area contributed by atoms with Crippen LogP contribution in [0.3, 0.4) is 0 Å². The summed E-state index contributed by atoms with van der Waals surface area (Å²) in [6.07, 6.45) is -1.02. The normalized spacial score (nSPS) is 13.2. The number of rotatable bonds is 5. The van der Waals surface area contributed by atoms with Gasteiger partial charge < -0.3 is 9.84 Å². The minimum Gasteiger partial charge on any atom is -0.468 e. The molecule has 0 saturated carbocycles. The maximum atomic E-state index is 13.4. The number of hydrogen-bond acceptors (Lipinski definition) is 4. The molecule has 4 nitrogen and oxygen atoms in total. The number of carbonyl (C=O) groups is 1. The standard InChI is InChI=1S/C13H18FNO3/c1-13(2,12(17)18-3)15-8-11(16)9-6-4-5-7-10(9)14/h4-7,11,15-16H,8H2,1-3H3. The van der Waals surface area contributed by atoms with E-state index in [2.05, 4.69) is 10.1 Å². The van der Waals surface area contributed by atoms with Gasteiger partial charge in [0.25, 0.3) is 0 Å². The molecule has 0 aliphatic heterocycles. The van der Waals surface area contributed by atoms with E-state index in [1.165, 1.54) is 19.2 Å². The smallest absolute Gasteiger partial charge is 0.325 e. The summed E-state index contributed by atoms with van der Waals surface area (Å²) in [5.41, 5.74) is -0.730. The second-order valence-electron chi connectivity index (χ2n) is 4.53. The van der Waals surface area contributed by atoms with Crippen molar-refractivity contribution in [3.63, 3.8) is 0 Å². The topological polar surface area (TPSA) is 58.6 Å². The summed E-state index contributed by atoms with van der Waals surface area (Å²) >= 11 is 0. The Kier molecular flexibility index (Phi) is 4.81. The number of aliphatic hydroxyl groups is 1. The molecule has 0 radical (unpaired) electrons. The first-order chi connectivity index (χ1) is 8.38. The Labute approximate surface area is 106 Å². The molecule has 0 amide bonds. The van der Waals surface area contributed by atoms with Crippen molar-refractivity contribution in [3.05, 3.63) is 35.6 Å². The Morgan fingerprint density at radius 2 is 2.11 bits per heavy atom. The van der Waals surface area contributed by atoms with E-state index in [0.717, 1.165) is 0 Å². The molecular weight excluding hydrogens is 237 g/mol. The van der Waals surface area contributed by atoms with Crippen LogP contribution < -0.4 is 5.32 Å². The highest BCUT2D eigenvalue weighted by molar-refractivity contribution is 5.79. The fourth-order valence-electron chi connectivity index (χ4n) is 1.53. The fourth-order valence-corrected chi connectivity index (χ4v) is 1.53. The minimum atomic E-state index is -1.02. The largest absolute Gasteiger partial charge is 0.468 e. The van der Waals surface area contributed by atoms with E-state index in [4.69, 9.17) is 0 Å². The summed E-state index contributed by atoms with van der Waals surface area (Å²) in [5.74, 6) is -0.911. The van der Waals surface area contributed by atoms with Crippen LogP contribution in [0.15, 0.2) is 24.3 Å². The monoisotopic (exact) mass is 255 g/mol. The number of aliphatic hydroxyl groups excluding tert-OH is 1. The van der Waals surface area contributed by atoms with Gasteiger partial charge in [-0.05, 0) is 19.9 Å². The van der Waals surface area contributed by atoms with Crippen LogP contribution in [0.25, 0.3) is 0 Å². The zero-order valence-corrected chi connectivity index (χ0v) is 10.7. The number of halogens is 1. The van der Waals surface area contributed by atoms with Crippen molar-refractivity contribution < 1.29 is 19.0 Å². The lowest BCUT2D eigenvalue weighted by Gasteiger charge is -2.25. The molecule has 1 aromatic carbocycles. The average molecular weight is 255 g/mol. The summed E-state index contributed by atoms with van der Waals surface area (Å²) in [4.78, 5) is 11.4. The number of methoxy groups -OCH3 is 1. The molecule has 100 valence electrons. The highest BCUT2D eigenvalue weighted by atomic mass is 19.1. The predicted molar refractivity (Wildman–Crippen MR) is 65.5 cm³/mol. The third-order valence-electron chi connectivity index (χ3n) is 2.70. The van der Waals surface area contributed by atoms with Crippen molar-refractivity contribution >= 4 is 5.97 Å². The van der Waals surface area contributed by atoms with Gasteiger partial charge in [0, 0.05) is 12.1 Å². The zero-order chi connectivity index (χ0) is 13.8. The van der Waals surface area contributed by atoms with Crippen molar-refractivity contribution in [1.82, 2.24) is 5.32 Å². The Morgan fingerprint density at radius 3 is 2.67 bits per heavy atom. The summed E-state index contributed by atoms with van der Waals surface area (Å²) in [5, 5.41) is 12.7. The summed E-state index contributed by atoms with van der Waals surface area (Å²) in [6.45, 7) is 3.32. The Hall–Kier alpha value is -1.46. The van der Waals surface area contributed by atoms with E-state index in [0.29, 0.717) is 0 Å². The molecular formula is C13H18FNO3. The van der Waals surface area contributed by atoms with Crippen LogP contribution >= 0.6 is 0 Å². The summed E-state index contributed by atoms with van der Waals surface area (Å²) in [7, 11) is 1.29. The van der Waals surface area contributed by atoms with Crippen LogP contribution in [0.5, 0.6) is 0 Å². The molecule has 1 aromatic rings. The van der Waals surface area contributed by atoms with Crippen molar-refractivity contribution in [2.45, 2.75) is 25.5 Å². The molecule has 0 aromatic heterocycles. The number of benzene rings is 1. The first-order valence-electron chi connectivity index (χ1n) is 5.64. The number of ether oxygens (including phenoxy) is 1. The SMILES string of the molecule is COC(=O)C(C)(C)NCC(O)c1ccccc1F. The molecule has 18 heavy (non-hydrogen) atoms. The van der Waals surface area contributed by atoms with Crippen molar-refractivity contribution in [2.24, 2.45) is 0 Å². The first-order valence-corrected chi connectivity index (χ1v) is 5.64. The van der Waals surface area contributed by atoms with Gasteiger partial charge in [0.05, 0.1) is 13.2 Å². The van der Waals surface area contributed by atoms with E-state index < -0.39 is 23.4 Å². The lowest BCUT2D eigenvalue weighted by Crippen LogP contribution is -2.48. The van der Waals surface area contributed by atoms with Gasteiger partial charge in [-0.15, -0.1) is 0 Å². The average Bonchev–Trinajstić information content (AvgIpc) is 2.35. The van der Waals surface area contributed by atoms with Crippen LogP contribution in [-0.2, 0) is 9.53 Å². The molecule has 0 bridgehead atoms. The quantitative estimate of drug-likeness (QED) is 0.781. The maximum absolute atomic E-state index is 13.4. The van der Waals surface area contributed by atoms with Gasteiger partial charge in [-0.3, -0.25) is 10.1 Å². The number of β-amino-alcohol motifs (C(OH)–C–C–N with tert-alkyl or cyclic N) is 1. The molecule has 0 heterocycles. The first kappa shape index (κ1) is 14.6. The summed E-state index contributed by atoms with van der Waals surface area (Å²) in [6, 6.07) is 5.99. The number of hydrogen-bond donors (Lipinski definition) is 2. The van der Waals surface area contributed by atoms with Crippen LogP contribution in [0, 0.1) is 5.82 Å². The summed E-state index contributed by atoms with van der Waals surface area (Å²) < 4.78 is 18.0. The van der Waals surface area contributed by atoms with Crippen LogP contribution in [-0.4, -0.2) is 30.3 Å². The highest BCUT2D eigenvalue weighted by Gasteiger charge is 2.29. The van der Waals surface area contributed by atoms with Gasteiger partial charge >= 0.3 is 5.97 Å². The van der Waals surface area contributed by atoms with Crippen LogP contribution in [0.2, 0.25) is 0 Å². The number of nitrogens with one attached hydrogen (secondary N) is 1. The third-order valence-corrected chi connectivity index (χ3v) is 2.70. The van der Waals surface area contributed by atoms with E-state index in [9.17, 15) is 14.3 Å². The van der Waals surface area contributed by atoms with Crippen LogP contribution in [0.1, 0.15) is 25.5 Å². The molecule has 0 aliphatic rings. The van der Waals surface area contributed by atoms with Gasteiger partial charge in [0.15, 0.2) is 0 Å². The lowest BCUT2D eigenvalue weighted by atomic mass is 10.0. The van der Waals surface area contributed by atoms with Crippen molar-refractivity contribution in [1.29, 1.82) is 0 Å². The van der Waals surface area contributed by atoms with Gasteiger partial charge in [-0.2, -0.15) is 0 Å². The van der Waals surface area contributed by atoms with E-state index >= 15 is 0 Å². The second-order valence-corrected chi connectivity index (χ2v) is 4.53. The predicted octanol–water partition coefficient (Wildman–Crippen LogP) is 1.40. The Balaban J connectivity index is 2.64. The minimum absolute atomic E-state index is 0.0586. The van der Waals surface area contributed by atoms with E-state index in [-0.39, 0.29) is 12.1 Å². The van der Waals surface area contributed by atoms with Gasteiger partial charge in [-0.25, -0.2) is 4.39 Å². The van der Waals surface area contributed by atoms with E-state index in [1.807, 2.05) is 0 Å². The van der Waals surface area contributed by atoms with Crippen molar-refractivity contribution in [2.75, 3.05) is 13.7 Å². The van der Waals surface area contributed by atoms with Crippen molar-refractivity contribution in [3.8, 4) is 0 Å².